The van der Waals surface area contributed by atoms with Crippen molar-refractivity contribution in [2.24, 2.45) is 0 Å². The highest BCUT2D eigenvalue weighted by molar-refractivity contribution is 9.10. The van der Waals surface area contributed by atoms with Crippen LogP contribution in [0.2, 0.25) is 5.02 Å². The van der Waals surface area contributed by atoms with Crippen molar-refractivity contribution in [1.82, 2.24) is 4.98 Å². The van der Waals surface area contributed by atoms with Crippen molar-refractivity contribution >= 4 is 50.0 Å². The third-order valence-corrected chi connectivity index (χ3v) is 3.77. The molecule has 0 saturated carbocycles. The van der Waals surface area contributed by atoms with Gasteiger partial charge >= 0.3 is 0 Å². The molecule has 2 N–H and O–H groups in total. The second-order valence-electron chi connectivity index (χ2n) is 4.35. The number of carbonyl (C=O) groups excluding carboxylic acids is 1. The Balaban J connectivity index is 1.90. The van der Waals surface area contributed by atoms with Crippen LogP contribution in [0.15, 0.2) is 53.0 Å². The van der Waals surface area contributed by atoms with Crippen molar-refractivity contribution < 1.29 is 4.79 Å². The molecule has 0 bridgehead atoms. The average molecular weight is 350 g/mol. The number of H-pyrrole nitrogens is 1. The summed E-state index contributed by atoms with van der Waals surface area (Å²) < 4.78 is 0.855. The molecule has 0 aliphatic carbocycles. The fourth-order valence-electron chi connectivity index (χ4n) is 1.98. The van der Waals surface area contributed by atoms with Crippen LogP contribution < -0.4 is 5.32 Å². The van der Waals surface area contributed by atoms with E-state index in [0.29, 0.717) is 16.4 Å². The van der Waals surface area contributed by atoms with Crippen LogP contribution in [0.1, 0.15) is 10.5 Å². The van der Waals surface area contributed by atoms with Gasteiger partial charge in [0.1, 0.15) is 5.69 Å². The minimum atomic E-state index is -0.221. The Morgan fingerprint density at radius 3 is 2.75 bits per heavy atom. The van der Waals surface area contributed by atoms with Crippen molar-refractivity contribution in [2.45, 2.75) is 0 Å². The van der Waals surface area contributed by atoms with E-state index in [1.54, 1.807) is 12.1 Å². The number of anilines is 1. The molecule has 0 spiro atoms. The smallest absolute Gasteiger partial charge is 0.272 e. The van der Waals surface area contributed by atoms with E-state index in [4.69, 9.17) is 11.6 Å². The molecule has 0 fully saturated rings. The first-order valence-electron chi connectivity index (χ1n) is 5.97. The first-order chi connectivity index (χ1) is 9.63. The highest BCUT2D eigenvalue weighted by Crippen LogP contribution is 2.26. The normalized spacial score (nSPS) is 10.7. The topological polar surface area (TPSA) is 44.9 Å². The number of aromatic amines is 1. The zero-order valence-corrected chi connectivity index (χ0v) is 12.6. The molecule has 0 aliphatic rings. The molecule has 3 rings (SSSR count). The van der Waals surface area contributed by atoms with Crippen LogP contribution in [0, 0.1) is 0 Å². The summed E-state index contributed by atoms with van der Waals surface area (Å²) in [7, 11) is 0. The summed E-state index contributed by atoms with van der Waals surface area (Å²) in [5, 5.41) is 4.29. The molecule has 0 aliphatic heterocycles. The van der Waals surface area contributed by atoms with E-state index in [1.165, 1.54) is 0 Å². The second kappa shape index (κ2) is 5.31. The molecular weight excluding hydrogens is 340 g/mol. The highest BCUT2D eigenvalue weighted by Gasteiger charge is 2.11. The van der Waals surface area contributed by atoms with E-state index in [9.17, 15) is 4.79 Å². The highest BCUT2D eigenvalue weighted by atomic mass is 79.9. The fraction of sp³-hybridized carbons (Fsp3) is 0. The number of carbonyl (C=O) groups is 1. The summed E-state index contributed by atoms with van der Waals surface area (Å²) in [4.78, 5) is 15.3. The van der Waals surface area contributed by atoms with Gasteiger partial charge in [-0.25, -0.2) is 0 Å². The standard InChI is InChI=1S/C15H10BrClN2O/c16-10-5-6-11(17)13(8-10)19-15(20)14-7-9-3-1-2-4-12(9)18-14/h1-8,18H,(H,19,20). The van der Waals surface area contributed by atoms with E-state index in [1.807, 2.05) is 36.4 Å². The van der Waals surface area contributed by atoms with Crippen LogP contribution in [-0.4, -0.2) is 10.9 Å². The molecule has 100 valence electrons. The largest absolute Gasteiger partial charge is 0.351 e. The maximum atomic E-state index is 12.2. The first-order valence-corrected chi connectivity index (χ1v) is 7.15. The van der Waals surface area contributed by atoms with Crippen molar-refractivity contribution in [3.8, 4) is 0 Å². The quantitative estimate of drug-likeness (QED) is 0.683. The molecule has 0 radical (unpaired) electrons. The Morgan fingerprint density at radius 2 is 1.95 bits per heavy atom. The third-order valence-electron chi connectivity index (χ3n) is 2.95. The lowest BCUT2D eigenvalue weighted by Crippen LogP contribution is -2.12. The maximum absolute atomic E-state index is 12.2. The molecule has 0 saturated heterocycles. The molecule has 20 heavy (non-hydrogen) atoms. The van der Waals surface area contributed by atoms with Crippen molar-refractivity contribution in [1.29, 1.82) is 0 Å². The fourth-order valence-corrected chi connectivity index (χ4v) is 2.50. The summed E-state index contributed by atoms with van der Waals surface area (Å²) in [5.41, 5.74) is 2.00. The Kier molecular flexibility index (Phi) is 3.51. The average Bonchev–Trinajstić information content (AvgIpc) is 2.87. The van der Waals surface area contributed by atoms with E-state index >= 15 is 0 Å². The molecule has 3 aromatic rings. The zero-order valence-electron chi connectivity index (χ0n) is 10.3. The molecule has 3 nitrogen and oxygen atoms in total. The molecule has 2 aromatic carbocycles. The third kappa shape index (κ3) is 2.57. The minimum Gasteiger partial charge on any atom is -0.351 e. The van der Waals surface area contributed by atoms with E-state index in [-0.39, 0.29) is 5.91 Å². The molecule has 5 heteroatoms. The van der Waals surface area contributed by atoms with Gasteiger partial charge in [0.15, 0.2) is 0 Å². The van der Waals surface area contributed by atoms with E-state index in [2.05, 4.69) is 26.2 Å². The Morgan fingerprint density at radius 1 is 1.15 bits per heavy atom. The zero-order chi connectivity index (χ0) is 14.1. The molecule has 0 atom stereocenters. The van der Waals surface area contributed by atoms with E-state index in [0.717, 1.165) is 15.4 Å². The number of para-hydroxylation sites is 1. The summed E-state index contributed by atoms with van der Waals surface area (Å²) in [6.07, 6.45) is 0. The first kappa shape index (κ1) is 13.2. The van der Waals surface area contributed by atoms with Crippen LogP contribution in [0.25, 0.3) is 10.9 Å². The lowest BCUT2D eigenvalue weighted by molar-refractivity contribution is 0.102. The van der Waals surface area contributed by atoms with Crippen LogP contribution in [0.5, 0.6) is 0 Å². The summed E-state index contributed by atoms with van der Waals surface area (Å²) in [5.74, 6) is -0.221. The molecule has 0 unspecified atom stereocenters. The van der Waals surface area contributed by atoms with Crippen molar-refractivity contribution in [2.75, 3.05) is 5.32 Å². The maximum Gasteiger partial charge on any atom is 0.272 e. The minimum absolute atomic E-state index is 0.221. The number of amides is 1. The van der Waals surface area contributed by atoms with Gasteiger partial charge in [-0.05, 0) is 30.3 Å². The monoisotopic (exact) mass is 348 g/mol. The van der Waals surface area contributed by atoms with Gasteiger partial charge in [0.2, 0.25) is 0 Å². The van der Waals surface area contributed by atoms with Crippen LogP contribution in [0.4, 0.5) is 5.69 Å². The number of aromatic nitrogens is 1. The predicted octanol–water partition coefficient (Wildman–Crippen LogP) is 4.84. The lowest BCUT2D eigenvalue weighted by atomic mass is 10.2. The molecule has 1 amide bonds. The number of rotatable bonds is 2. The number of nitrogens with one attached hydrogen (secondary N) is 2. The Labute approximate surface area is 129 Å². The van der Waals surface area contributed by atoms with Gasteiger partial charge < -0.3 is 10.3 Å². The van der Waals surface area contributed by atoms with Gasteiger partial charge in [0, 0.05) is 15.4 Å². The summed E-state index contributed by atoms with van der Waals surface area (Å²) in [6, 6.07) is 14.9. The summed E-state index contributed by atoms with van der Waals surface area (Å²) >= 11 is 9.41. The van der Waals surface area contributed by atoms with Gasteiger partial charge in [0.25, 0.3) is 5.91 Å². The summed E-state index contributed by atoms with van der Waals surface area (Å²) in [6.45, 7) is 0. The van der Waals surface area contributed by atoms with E-state index < -0.39 is 0 Å². The SMILES string of the molecule is O=C(Nc1cc(Br)ccc1Cl)c1cc2ccccc2[nH]1. The second-order valence-corrected chi connectivity index (χ2v) is 5.67. The van der Waals surface area contributed by atoms with Crippen molar-refractivity contribution in [3.05, 3.63) is 63.7 Å². The molecule has 1 heterocycles. The van der Waals surface area contributed by atoms with Crippen molar-refractivity contribution in [3.63, 3.8) is 0 Å². The van der Waals surface area contributed by atoms with Gasteiger partial charge in [-0.3, -0.25) is 4.79 Å². The van der Waals surface area contributed by atoms with Gasteiger partial charge in [-0.15, -0.1) is 0 Å². The molecular formula is C15H10BrClN2O. The number of hydrogen-bond donors (Lipinski definition) is 2. The van der Waals surface area contributed by atoms with Crippen LogP contribution in [0.3, 0.4) is 0 Å². The molecule has 1 aromatic heterocycles. The van der Waals surface area contributed by atoms with Crippen LogP contribution in [-0.2, 0) is 0 Å². The van der Waals surface area contributed by atoms with Gasteiger partial charge in [-0.2, -0.15) is 0 Å². The number of fused-ring (bicyclic) bond motifs is 1. The van der Waals surface area contributed by atoms with Gasteiger partial charge in [-0.1, -0.05) is 45.7 Å². The Hall–Kier alpha value is -1.78. The number of benzene rings is 2. The number of hydrogen-bond acceptors (Lipinski definition) is 1. The Bertz CT molecular complexity index is 764. The number of halogens is 2. The predicted molar refractivity (Wildman–Crippen MR) is 85.4 cm³/mol. The van der Waals surface area contributed by atoms with Gasteiger partial charge in [0.05, 0.1) is 10.7 Å². The lowest BCUT2D eigenvalue weighted by Gasteiger charge is -2.06. The van der Waals surface area contributed by atoms with Crippen LogP contribution >= 0.6 is 27.5 Å².